The fraction of sp³-hybridized carbons (Fsp3) is 0.136. The Bertz CT molecular complexity index is 1030. The predicted molar refractivity (Wildman–Crippen MR) is 114 cm³/mol. The Morgan fingerprint density at radius 1 is 1.21 bits per heavy atom. The minimum atomic E-state index is -0.271. The quantitative estimate of drug-likeness (QED) is 0.604. The summed E-state index contributed by atoms with van der Waals surface area (Å²) in [7, 11) is 1.76. The number of hydrogen-bond acceptors (Lipinski definition) is 3. The summed E-state index contributed by atoms with van der Waals surface area (Å²) < 4.78 is 1.73. The Morgan fingerprint density at radius 2 is 1.97 bits per heavy atom. The molecule has 1 heterocycles. The van der Waals surface area contributed by atoms with Crippen molar-refractivity contribution in [2.45, 2.75) is 13.0 Å². The summed E-state index contributed by atoms with van der Waals surface area (Å²) in [6, 6.07) is 14.6. The molecule has 1 aromatic heterocycles. The number of nitrogens with one attached hydrogen (secondary N) is 1. The van der Waals surface area contributed by atoms with Crippen LogP contribution >= 0.6 is 11.6 Å². The van der Waals surface area contributed by atoms with Crippen molar-refractivity contribution in [3.05, 3.63) is 89.7 Å². The van der Waals surface area contributed by atoms with Gasteiger partial charge in [0.1, 0.15) is 0 Å². The van der Waals surface area contributed by atoms with Crippen LogP contribution in [0.3, 0.4) is 0 Å². The maximum atomic E-state index is 12.5. The number of likely N-dealkylation sites (N-methyl/N-ethyl adjacent to an activating group) is 1. The molecular weight excluding hydrogens is 388 g/mol. The van der Waals surface area contributed by atoms with E-state index < -0.39 is 0 Å². The van der Waals surface area contributed by atoms with Crippen molar-refractivity contribution < 1.29 is 9.59 Å². The van der Waals surface area contributed by atoms with Crippen molar-refractivity contribution in [3.8, 4) is 5.69 Å². The first-order valence-electron chi connectivity index (χ1n) is 9.00. The summed E-state index contributed by atoms with van der Waals surface area (Å²) in [6.07, 6.45) is 5.10. The molecular formula is C22H21ClN4O2. The Morgan fingerprint density at radius 3 is 2.66 bits per heavy atom. The van der Waals surface area contributed by atoms with E-state index in [1.807, 2.05) is 42.6 Å². The van der Waals surface area contributed by atoms with E-state index in [-0.39, 0.29) is 18.2 Å². The highest BCUT2D eigenvalue weighted by Crippen LogP contribution is 2.16. The van der Waals surface area contributed by atoms with Crippen molar-refractivity contribution in [1.29, 1.82) is 0 Å². The van der Waals surface area contributed by atoms with Crippen molar-refractivity contribution in [1.82, 2.24) is 14.7 Å². The van der Waals surface area contributed by atoms with Gasteiger partial charge in [-0.05, 0) is 42.0 Å². The van der Waals surface area contributed by atoms with Crippen LogP contribution in [0.25, 0.3) is 5.69 Å². The molecule has 0 bridgehead atoms. The molecule has 0 saturated carbocycles. The van der Waals surface area contributed by atoms with Crippen LogP contribution in [0.2, 0.25) is 5.02 Å². The lowest BCUT2D eigenvalue weighted by atomic mass is 10.1. The molecule has 0 aliphatic heterocycles. The zero-order chi connectivity index (χ0) is 20.8. The van der Waals surface area contributed by atoms with Crippen molar-refractivity contribution >= 4 is 29.1 Å². The standard InChI is InChI=1S/C22H21ClN4O2/c1-3-21(28)25-19-9-7-16(8-10-19)11-22(29)26(2)14-17-13-24-27(15-17)20-6-4-5-18(23)12-20/h3-10,12-13,15H,1,11,14H2,2H3,(H,25,28). The largest absolute Gasteiger partial charge is 0.341 e. The molecule has 0 saturated heterocycles. The van der Waals surface area contributed by atoms with Crippen LogP contribution in [-0.4, -0.2) is 33.5 Å². The van der Waals surface area contributed by atoms with Crippen LogP contribution in [0, 0.1) is 0 Å². The lowest BCUT2D eigenvalue weighted by Gasteiger charge is -2.16. The van der Waals surface area contributed by atoms with Gasteiger partial charge in [0.2, 0.25) is 11.8 Å². The van der Waals surface area contributed by atoms with E-state index in [1.54, 1.807) is 35.0 Å². The average molecular weight is 409 g/mol. The smallest absolute Gasteiger partial charge is 0.247 e. The van der Waals surface area contributed by atoms with Crippen LogP contribution in [0.5, 0.6) is 0 Å². The number of carbonyl (C=O) groups is 2. The molecule has 6 nitrogen and oxygen atoms in total. The molecule has 0 fully saturated rings. The number of halogens is 1. The molecule has 2 aromatic carbocycles. The highest BCUT2D eigenvalue weighted by Gasteiger charge is 2.12. The lowest BCUT2D eigenvalue weighted by Crippen LogP contribution is -2.27. The van der Waals surface area contributed by atoms with Gasteiger partial charge in [-0.25, -0.2) is 4.68 Å². The van der Waals surface area contributed by atoms with Gasteiger partial charge < -0.3 is 10.2 Å². The van der Waals surface area contributed by atoms with Gasteiger partial charge in [0.25, 0.3) is 0 Å². The van der Waals surface area contributed by atoms with Gasteiger partial charge in [0.05, 0.1) is 18.3 Å². The zero-order valence-electron chi connectivity index (χ0n) is 16.0. The monoisotopic (exact) mass is 408 g/mol. The van der Waals surface area contributed by atoms with Crippen LogP contribution in [0.15, 0.2) is 73.6 Å². The molecule has 1 N–H and O–H groups in total. The molecule has 0 aliphatic carbocycles. The van der Waals surface area contributed by atoms with Gasteiger partial charge in [-0.15, -0.1) is 0 Å². The van der Waals surface area contributed by atoms with Gasteiger partial charge in [0.15, 0.2) is 0 Å². The normalized spacial score (nSPS) is 10.4. The second kappa shape index (κ2) is 9.21. The van der Waals surface area contributed by atoms with Crippen LogP contribution in [0.1, 0.15) is 11.1 Å². The molecule has 29 heavy (non-hydrogen) atoms. The van der Waals surface area contributed by atoms with E-state index in [2.05, 4.69) is 17.0 Å². The molecule has 7 heteroatoms. The fourth-order valence-corrected chi connectivity index (χ4v) is 2.96. The SMILES string of the molecule is C=CC(=O)Nc1ccc(CC(=O)N(C)Cc2cnn(-c3cccc(Cl)c3)c2)cc1. The zero-order valence-corrected chi connectivity index (χ0v) is 16.8. The van der Waals surface area contributed by atoms with Crippen molar-refractivity contribution in [2.75, 3.05) is 12.4 Å². The van der Waals surface area contributed by atoms with E-state index in [4.69, 9.17) is 11.6 Å². The van der Waals surface area contributed by atoms with E-state index >= 15 is 0 Å². The highest BCUT2D eigenvalue weighted by molar-refractivity contribution is 6.30. The number of rotatable bonds is 7. The lowest BCUT2D eigenvalue weighted by molar-refractivity contribution is -0.129. The van der Waals surface area contributed by atoms with E-state index in [9.17, 15) is 9.59 Å². The van der Waals surface area contributed by atoms with Crippen LogP contribution in [0.4, 0.5) is 5.69 Å². The second-order valence-electron chi connectivity index (χ2n) is 6.59. The minimum Gasteiger partial charge on any atom is -0.341 e. The van der Waals surface area contributed by atoms with Crippen molar-refractivity contribution in [3.63, 3.8) is 0 Å². The molecule has 0 radical (unpaired) electrons. The Kier molecular flexibility index (Phi) is 6.46. The fourth-order valence-electron chi connectivity index (χ4n) is 2.77. The Balaban J connectivity index is 1.58. The number of benzene rings is 2. The molecule has 2 amide bonds. The second-order valence-corrected chi connectivity index (χ2v) is 7.03. The number of hydrogen-bond donors (Lipinski definition) is 1. The van der Waals surface area contributed by atoms with E-state index in [0.717, 1.165) is 16.8 Å². The summed E-state index contributed by atoms with van der Waals surface area (Å²) in [5.41, 5.74) is 3.31. The maximum absolute atomic E-state index is 12.5. The summed E-state index contributed by atoms with van der Waals surface area (Å²) in [5.74, 6) is -0.282. The molecule has 0 unspecified atom stereocenters. The predicted octanol–water partition coefficient (Wildman–Crippen LogP) is 3.85. The van der Waals surface area contributed by atoms with Crippen LogP contribution < -0.4 is 5.32 Å². The number of nitrogens with zero attached hydrogens (tertiary/aromatic N) is 3. The van der Waals surface area contributed by atoms with Gasteiger partial charge in [0, 0.05) is 36.1 Å². The first kappa shape index (κ1) is 20.4. The number of carbonyl (C=O) groups excluding carboxylic acids is 2. The minimum absolute atomic E-state index is 0.0108. The summed E-state index contributed by atoms with van der Waals surface area (Å²) in [6.45, 7) is 3.87. The summed E-state index contributed by atoms with van der Waals surface area (Å²) in [4.78, 5) is 25.5. The van der Waals surface area contributed by atoms with Gasteiger partial charge in [-0.1, -0.05) is 36.4 Å². The van der Waals surface area contributed by atoms with Gasteiger partial charge in [-0.3, -0.25) is 9.59 Å². The van der Waals surface area contributed by atoms with Crippen molar-refractivity contribution in [2.24, 2.45) is 0 Å². The third kappa shape index (κ3) is 5.56. The molecule has 3 aromatic rings. The van der Waals surface area contributed by atoms with E-state index in [0.29, 0.717) is 17.3 Å². The summed E-state index contributed by atoms with van der Waals surface area (Å²) in [5, 5.41) is 7.66. The van der Waals surface area contributed by atoms with Gasteiger partial charge >= 0.3 is 0 Å². The first-order chi connectivity index (χ1) is 13.9. The van der Waals surface area contributed by atoms with Gasteiger partial charge in [-0.2, -0.15) is 5.10 Å². The Hall–Kier alpha value is -3.38. The van der Waals surface area contributed by atoms with Crippen LogP contribution in [-0.2, 0) is 22.6 Å². The Labute approximate surface area is 174 Å². The molecule has 148 valence electrons. The molecule has 0 atom stereocenters. The topological polar surface area (TPSA) is 67.2 Å². The number of aromatic nitrogens is 2. The number of anilines is 1. The molecule has 0 spiro atoms. The average Bonchev–Trinajstić information content (AvgIpc) is 3.18. The molecule has 0 aliphatic rings. The molecule has 3 rings (SSSR count). The summed E-state index contributed by atoms with van der Waals surface area (Å²) >= 11 is 6.03. The third-order valence-electron chi connectivity index (χ3n) is 4.32. The van der Waals surface area contributed by atoms with E-state index in [1.165, 1.54) is 6.08 Å². The highest BCUT2D eigenvalue weighted by atomic mass is 35.5. The third-order valence-corrected chi connectivity index (χ3v) is 4.55. The first-order valence-corrected chi connectivity index (χ1v) is 9.38. The maximum Gasteiger partial charge on any atom is 0.247 e. The number of amides is 2.